The average Bonchev–Trinajstić information content (AvgIpc) is 2.25. The Balaban J connectivity index is 2.31. The van der Waals surface area contributed by atoms with Gasteiger partial charge in [0.25, 0.3) is 0 Å². The zero-order valence-electron chi connectivity index (χ0n) is 9.44. The summed E-state index contributed by atoms with van der Waals surface area (Å²) in [7, 11) is 0. The molecule has 0 aliphatic carbocycles. The zero-order valence-corrected chi connectivity index (χ0v) is 10.3. The van der Waals surface area contributed by atoms with E-state index in [0.29, 0.717) is 5.75 Å². The van der Waals surface area contributed by atoms with Gasteiger partial charge in [0.15, 0.2) is 0 Å². The average molecular weight is 225 g/mol. The second-order valence-electron chi connectivity index (χ2n) is 3.37. The fourth-order valence-corrected chi connectivity index (χ4v) is 2.37. The Morgan fingerprint density at radius 3 is 2.60 bits per heavy atom. The highest BCUT2D eigenvalue weighted by molar-refractivity contribution is 7.99. The van der Waals surface area contributed by atoms with Crippen molar-refractivity contribution in [1.82, 2.24) is 4.90 Å². The maximum absolute atomic E-state index is 9.29. The van der Waals surface area contributed by atoms with Crippen LogP contribution in [-0.2, 0) is 0 Å². The molecule has 1 N–H and O–H groups in total. The molecule has 3 heteroatoms. The van der Waals surface area contributed by atoms with Gasteiger partial charge in [-0.3, -0.25) is 0 Å². The van der Waals surface area contributed by atoms with Crippen LogP contribution in [0.3, 0.4) is 0 Å². The molecule has 0 saturated heterocycles. The Morgan fingerprint density at radius 2 is 2.00 bits per heavy atom. The molecule has 0 aliphatic rings. The minimum absolute atomic E-state index is 0.350. The number of nitrogens with zero attached hydrogens (tertiary/aromatic N) is 1. The third kappa shape index (κ3) is 4.58. The molecule has 0 bridgehead atoms. The van der Waals surface area contributed by atoms with Gasteiger partial charge >= 0.3 is 0 Å². The molecule has 15 heavy (non-hydrogen) atoms. The maximum Gasteiger partial charge on any atom is 0.116 e. The van der Waals surface area contributed by atoms with Crippen LogP contribution < -0.4 is 0 Å². The number of phenols is 1. The summed E-state index contributed by atoms with van der Waals surface area (Å²) in [5.74, 6) is 1.42. The lowest BCUT2D eigenvalue weighted by molar-refractivity contribution is 0.324. The molecule has 84 valence electrons. The van der Waals surface area contributed by atoms with E-state index in [2.05, 4.69) is 18.7 Å². The molecule has 0 amide bonds. The van der Waals surface area contributed by atoms with Crippen LogP contribution in [-0.4, -0.2) is 35.4 Å². The smallest absolute Gasteiger partial charge is 0.116 e. The van der Waals surface area contributed by atoms with Crippen molar-refractivity contribution in [3.8, 4) is 5.75 Å². The summed E-state index contributed by atoms with van der Waals surface area (Å²) < 4.78 is 0. The van der Waals surface area contributed by atoms with E-state index >= 15 is 0 Å². The molecule has 0 aliphatic heterocycles. The minimum Gasteiger partial charge on any atom is -0.508 e. The highest BCUT2D eigenvalue weighted by Gasteiger charge is 2.00. The number of hydrogen-bond acceptors (Lipinski definition) is 3. The zero-order chi connectivity index (χ0) is 11.1. The Hall–Kier alpha value is -0.670. The lowest BCUT2D eigenvalue weighted by atomic mass is 10.3. The highest BCUT2D eigenvalue weighted by atomic mass is 32.2. The van der Waals surface area contributed by atoms with E-state index < -0.39 is 0 Å². The van der Waals surface area contributed by atoms with Gasteiger partial charge in [0.1, 0.15) is 5.75 Å². The molecule has 1 aromatic rings. The Morgan fingerprint density at radius 1 is 1.27 bits per heavy atom. The van der Waals surface area contributed by atoms with Crippen molar-refractivity contribution < 1.29 is 5.11 Å². The van der Waals surface area contributed by atoms with Gasteiger partial charge < -0.3 is 10.0 Å². The summed E-state index contributed by atoms with van der Waals surface area (Å²) in [6.07, 6.45) is 0. The summed E-state index contributed by atoms with van der Waals surface area (Å²) >= 11 is 1.79. The normalized spacial score (nSPS) is 10.9. The number of benzene rings is 1. The van der Waals surface area contributed by atoms with Crippen molar-refractivity contribution in [2.24, 2.45) is 0 Å². The van der Waals surface area contributed by atoms with Gasteiger partial charge in [-0.15, -0.1) is 11.8 Å². The van der Waals surface area contributed by atoms with Crippen LogP contribution >= 0.6 is 11.8 Å². The molecular formula is C12H19NOS. The van der Waals surface area contributed by atoms with Crippen LogP contribution in [0.25, 0.3) is 0 Å². The van der Waals surface area contributed by atoms with Crippen molar-refractivity contribution in [3.05, 3.63) is 24.3 Å². The largest absolute Gasteiger partial charge is 0.508 e. The lowest BCUT2D eigenvalue weighted by Gasteiger charge is -2.17. The predicted octanol–water partition coefficient (Wildman–Crippen LogP) is 2.83. The van der Waals surface area contributed by atoms with Gasteiger partial charge in [-0.1, -0.05) is 19.9 Å². The highest BCUT2D eigenvalue weighted by Crippen LogP contribution is 2.21. The minimum atomic E-state index is 0.350. The molecule has 0 unspecified atom stereocenters. The molecule has 0 heterocycles. The number of aromatic hydroxyl groups is 1. The van der Waals surface area contributed by atoms with Crippen LogP contribution in [0.5, 0.6) is 5.75 Å². The summed E-state index contributed by atoms with van der Waals surface area (Å²) in [5, 5.41) is 9.29. The fourth-order valence-electron chi connectivity index (χ4n) is 1.41. The molecule has 0 saturated carbocycles. The Kier molecular flexibility index (Phi) is 5.58. The lowest BCUT2D eigenvalue weighted by Crippen LogP contribution is -2.25. The molecule has 1 aromatic carbocycles. The molecule has 0 atom stereocenters. The molecule has 0 spiro atoms. The van der Waals surface area contributed by atoms with Crippen LogP contribution in [0.2, 0.25) is 0 Å². The SMILES string of the molecule is CCN(CC)CCSc1cccc(O)c1. The third-order valence-electron chi connectivity index (χ3n) is 2.39. The van der Waals surface area contributed by atoms with E-state index in [9.17, 15) is 5.11 Å². The number of rotatable bonds is 6. The van der Waals surface area contributed by atoms with Gasteiger partial charge in [0, 0.05) is 17.2 Å². The first-order valence-corrected chi connectivity index (χ1v) is 6.39. The topological polar surface area (TPSA) is 23.5 Å². The van der Waals surface area contributed by atoms with E-state index in [4.69, 9.17) is 0 Å². The molecule has 0 fully saturated rings. The Bertz CT molecular complexity index is 287. The van der Waals surface area contributed by atoms with Gasteiger partial charge in [-0.2, -0.15) is 0 Å². The second kappa shape index (κ2) is 6.75. The van der Waals surface area contributed by atoms with Crippen LogP contribution in [0.15, 0.2) is 29.2 Å². The number of hydrogen-bond donors (Lipinski definition) is 1. The summed E-state index contributed by atoms with van der Waals surface area (Å²) in [5.41, 5.74) is 0. The number of phenolic OH excluding ortho intramolecular Hbond substituents is 1. The number of thioether (sulfide) groups is 1. The van der Waals surface area contributed by atoms with Crippen molar-refractivity contribution >= 4 is 11.8 Å². The quantitative estimate of drug-likeness (QED) is 0.753. The van der Waals surface area contributed by atoms with Crippen molar-refractivity contribution in [2.45, 2.75) is 18.7 Å². The maximum atomic E-state index is 9.29. The van der Waals surface area contributed by atoms with Gasteiger partial charge in [-0.25, -0.2) is 0 Å². The van der Waals surface area contributed by atoms with Crippen molar-refractivity contribution in [2.75, 3.05) is 25.4 Å². The van der Waals surface area contributed by atoms with Gasteiger partial charge in [0.2, 0.25) is 0 Å². The van der Waals surface area contributed by atoms with E-state index in [0.717, 1.165) is 30.3 Å². The molecule has 0 aromatic heterocycles. The first-order chi connectivity index (χ1) is 7.26. The first-order valence-electron chi connectivity index (χ1n) is 5.40. The van der Waals surface area contributed by atoms with Crippen LogP contribution in [0, 0.1) is 0 Å². The van der Waals surface area contributed by atoms with Crippen molar-refractivity contribution in [3.63, 3.8) is 0 Å². The first kappa shape index (κ1) is 12.4. The Labute approximate surface area is 96.3 Å². The standard InChI is InChI=1S/C12H19NOS/c1-3-13(4-2)8-9-15-12-7-5-6-11(14)10-12/h5-7,10,14H,3-4,8-9H2,1-2H3. The van der Waals surface area contributed by atoms with Crippen LogP contribution in [0.4, 0.5) is 0 Å². The fraction of sp³-hybridized carbons (Fsp3) is 0.500. The second-order valence-corrected chi connectivity index (χ2v) is 4.54. The molecular weight excluding hydrogens is 206 g/mol. The predicted molar refractivity (Wildman–Crippen MR) is 66.6 cm³/mol. The third-order valence-corrected chi connectivity index (χ3v) is 3.36. The molecule has 2 nitrogen and oxygen atoms in total. The summed E-state index contributed by atoms with van der Waals surface area (Å²) in [6, 6.07) is 7.43. The van der Waals surface area contributed by atoms with E-state index in [1.165, 1.54) is 0 Å². The van der Waals surface area contributed by atoms with Crippen LogP contribution in [0.1, 0.15) is 13.8 Å². The van der Waals surface area contributed by atoms with E-state index in [1.807, 2.05) is 18.2 Å². The van der Waals surface area contributed by atoms with E-state index in [-0.39, 0.29) is 0 Å². The monoisotopic (exact) mass is 225 g/mol. The van der Waals surface area contributed by atoms with E-state index in [1.54, 1.807) is 17.8 Å². The summed E-state index contributed by atoms with van der Waals surface area (Å²) in [4.78, 5) is 3.54. The van der Waals surface area contributed by atoms with Crippen molar-refractivity contribution in [1.29, 1.82) is 0 Å². The molecule has 1 rings (SSSR count). The summed E-state index contributed by atoms with van der Waals surface area (Å²) in [6.45, 7) is 7.69. The molecule has 0 radical (unpaired) electrons. The van der Waals surface area contributed by atoms with Gasteiger partial charge in [0.05, 0.1) is 0 Å². The van der Waals surface area contributed by atoms with Gasteiger partial charge in [-0.05, 0) is 31.3 Å².